The van der Waals surface area contributed by atoms with E-state index in [0.717, 1.165) is 44.7 Å². The second kappa shape index (κ2) is 9.27. The Kier molecular flexibility index (Phi) is 6.77. The van der Waals surface area contributed by atoms with Gasteiger partial charge in [-0.15, -0.1) is 10.2 Å². The highest BCUT2D eigenvalue weighted by Gasteiger charge is 2.26. The molecule has 28 heavy (non-hydrogen) atoms. The Morgan fingerprint density at radius 2 is 2.11 bits per heavy atom. The Hall–Kier alpha value is -2.29. The molecule has 1 amide bonds. The van der Waals surface area contributed by atoms with Crippen molar-refractivity contribution in [2.75, 3.05) is 33.2 Å². The molecule has 9 heteroatoms. The molecule has 0 unspecified atom stereocenters. The van der Waals surface area contributed by atoms with Crippen LogP contribution < -0.4 is 0 Å². The Bertz CT molecular complexity index is 746. The van der Waals surface area contributed by atoms with Crippen LogP contribution in [0, 0.1) is 18.8 Å². The quantitative estimate of drug-likeness (QED) is 0.734. The van der Waals surface area contributed by atoms with E-state index in [-0.39, 0.29) is 5.91 Å². The summed E-state index contributed by atoms with van der Waals surface area (Å²) < 4.78 is 1.85. The molecule has 0 atom stereocenters. The smallest absolute Gasteiger partial charge is 0.257 e. The fourth-order valence-corrected chi connectivity index (χ4v) is 3.78. The van der Waals surface area contributed by atoms with E-state index in [4.69, 9.17) is 0 Å². The lowest BCUT2D eigenvalue weighted by atomic mass is 9.96. The van der Waals surface area contributed by atoms with E-state index >= 15 is 0 Å². The van der Waals surface area contributed by atoms with Crippen molar-refractivity contribution in [2.24, 2.45) is 11.8 Å². The zero-order chi connectivity index (χ0) is 20.1. The first kappa shape index (κ1) is 20.4. The van der Waals surface area contributed by atoms with Crippen molar-refractivity contribution in [3.8, 4) is 0 Å². The molecule has 2 aromatic rings. The summed E-state index contributed by atoms with van der Waals surface area (Å²) in [6.45, 7) is 10.7. The van der Waals surface area contributed by atoms with Crippen molar-refractivity contribution in [3.63, 3.8) is 0 Å². The molecule has 154 valence electrons. The number of aryl methyl sites for hydroxylation is 2. The number of hydrogen-bond donors (Lipinski definition) is 1. The van der Waals surface area contributed by atoms with Gasteiger partial charge in [-0.2, -0.15) is 10.3 Å². The monoisotopic (exact) mass is 388 g/mol. The van der Waals surface area contributed by atoms with Gasteiger partial charge in [-0.05, 0) is 51.7 Å². The molecule has 9 nitrogen and oxygen atoms in total. The molecule has 3 heterocycles. The normalized spacial score (nSPS) is 16.0. The predicted molar refractivity (Wildman–Crippen MR) is 106 cm³/mol. The third-order valence-electron chi connectivity index (χ3n) is 5.46. The number of hydrogen-bond acceptors (Lipinski definition) is 6. The van der Waals surface area contributed by atoms with E-state index in [2.05, 4.69) is 51.5 Å². The summed E-state index contributed by atoms with van der Waals surface area (Å²) in [5.41, 5.74) is 1.59. The molecular formula is C19H32N8O. The van der Waals surface area contributed by atoms with E-state index in [1.54, 1.807) is 6.20 Å². The number of likely N-dealkylation sites (tertiary alicyclic amines) is 1. The Morgan fingerprint density at radius 3 is 2.75 bits per heavy atom. The molecule has 0 aromatic carbocycles. The number of piperidine rings is 1. The molecule has 0 aliphatic carbocycles. The van der Waals surface area contributed by atoms with Crippen molar-refractivity contribution in [1.29, 1.82) is 0 Å². The lowest BCUT2D eigenvalue weighted by molar-refractivity contribution is 0.0674. The number of aromatic nitrogens is 6. The highest BCUT2D eigenvalue weighted by Crippen LogP contribution is 2.20. The van der Waals surface area contributed by atoms with Crippen molar-refractivity contribution in [2.45, 2.75) is 46.6 Å². The Labute approximate surface area is 166 Å². The fraction of sp³-hybridized carbons (Fsp3) is 0.737. The molecular weight excluding hydrogens is 356 g/mol. The standard InChI is InChI=1S/C19H32N8O/c1-14(2)12-26(13-16-5-8-25(4)9-6-16)19(28)17-11-20-27(15(17)3)10-7-18-21-23-24-22-18/h11,14,16H,5-10,12-13H2,1-4H3,(H,21,22,23,24). The van der Waals surface area contributed by atoms with E-state index in [9.17, 15) is 4.79 Å². The molecule has 1 N–H and O–H groups in total. The highest BCUT2D eigenvalue weighted by atomic mass is 16.2. The minimum absolute atomic E-state index is 0.0935. The van der Waals surface area contributed by atoms with E-state index in [1.165, 1.54) is 0 Å². The van der Waals surface area contributed by atoms with Gasteiger partial charge in [0.05, 0.1) is 11.8 Å². The van der Waals surface area contributed by atoms with Crippen LogP contribution in [-0.4, -0.2) is 79.3 Å². The van der Waals surface area contributed by atoms with Crippen molar-refractivity contribution < 1.29 is 4.79 Å². The Morgan fingerprint density at radius 1 is 1.36 bits per heavy atom. The topological polar surface area (TPSA) is 95.8 Å². The average molecular weight is 389 g/mol. The van der Waals surface area contributed by atoms with Crippen LogP contribution in [0.25, 0.3) is 0 Å². The van der Waals surface area contributed by atoms with Gasteiger partial charge in [-0.25, -0.2) is 0 Å². The minimum Gasteiger partial charge on any atom is -0.338 e. The maximum atomic E-state index is 13.3. The zero-order valence-electron chi connectivity index (χ0n) is 17.4. The van der Waals surface area contributed by atoms with Crippen LogP contribution in [0.1, 0.15) is 48.6 Å². The molecule has 1 saturated heterocycles. The maximum Gasteiger partial charge on any atom is 0.257 e. The van der Waals surface area contributed by atoms with E-state index in [0.29, 0.717) is 36.2 Å². The molecule has 0 bridgehead atoms. The summed E-state index contributed by atoms with van der Waals surface area (Å²) in [5.74, 6) is 1.75. The summed E-state index contributed by atoms with van der Waals surface area (Å²) in [5, 5.41) is 18.4. The molecule has 1 fully saturated rings. The van der Waals surface area contributed by atoms with Gasteiger partial charge in [-0.1, -0.05) is 19.1 Å². The number of nitrogens with one attached hydrogen (secondary N) is 1. The molecule has 2 aromatic heterocycles. The molecule has 0 radical (unpaired) electrons. The van der Waals surface area contributed by atoms with Crippen LogP contribution in [0.15, 0.2) is 6.20 Å². The molecule has 1 aliphatic rings. The third-order valence-corrected chi connectivity index (χ3v) is 5.46. The molecule has 0 saturated carbocycles. The zero-order valence-corrected chi connectivity index (χ0v) is 17.4. The first-order valence-electron chi connectivity index (χ1n) is 10.2. The number of carbonyl (C=O) groups excluding carboxylic acids is 1. The van der Waals surface area contributed by atoms with Gasteiger partial charge in [0.2, 0.25) is 0 Å². The van der Waals surface area contributed by atoms with Gasteiger partial charge in [0.1, 0.15) is 0 Å². The fourth-order valence-electron chi connectivity index (χ4n) is 3.78. The van der Waals surface area contributed by atoms with Gasteiger partial charge in [0.25, 0.3) is 5.91 Å². The number of carbonyl (C=O) groups is 1. The number of H-pyrrole nitrogens is 1. The van der Waals surface area contributed by atoms with Crippen LogP contribution in [0.4, 0.5) is 0 Å². The van der Waals surface area contributed by atoms with E-state index in [1.807, 2.05) is 16.5 Å². The summed E-state index contributed by atoms with van der Waals surface area (Å²) >= 11 is 0. The Balaban J connectivity index is 1.67. The van der Waals surface area contributed by atoms with Gasteiger partial charge in [0.15, 0.2) is 5.82 Å². The molecule has 3 rings (SSSR count). The average Bonchev–Trinajstić information content (AvgIpc) is 3.30. The van der Waals surface area contributed by atoms with Crippen molar-refractivity contribution >= 4 is 5.91 Å². The SMILES string of the molecule is Cc1c(C(=O)N(CC(C)C)CC2CCN(C)CC2)cnn1CCc1nn[nH]n1. The van der Waals surface area contributed by atoms with Crippen LogP contribution in [-0.2, 0) is 13.0 Å². The van der Waals surface area contributed by atoms with Gasteiger partial charge < -0.3 is 9.80 Å². The van der Waals surface area contributed by atoms with Gasteiger partial charge >= 0.3 is 0 Å². The maximum absolute atomic E-state index is 13.3. The minimum atomic E-state index is 0.0935. The summed E-state index contributed by atoms with van der Waals surface area (Å²) in [4.78, 5) is 17.7. The highest BCUT2D eigenvalue weighted by molar-refractivity contribution is 5.95. The second-order valence-corrected chi connectivity index (χ2v) is 8.30. The number of tetrazole rings is 1. The number of nitrogens with zero attached hydrogens (tertiary/aromatic N) is 7. The van der Waals surface area contributed by atoms with E-state index < -0.39 is 0 Å². The van der Waals surface area contributed by atoms with Crippen molar-refractivity contribution in [3.05, 3.63) is 23.3 Å². The summed E-state index contributed by atoms with van der Waals surface area (Å²) in [7, 11) is 2.17. The second-order valence-electron chi connectivity index (χ2n) is 8.30. The number of rotatable bonds is 8. The largest absolute Gasteiger partial charge is 0.338 e. The third kappa shape index (κ3) is 5.15. The number of aromatic amines is 1. The molecule has 1 aliphatic heterocycles. The predicted octanol–water partition coefficient (Wildman–Crippen LogP) is 1.39. The first-order chi connectivity index (χ1) is 13.4. The first-order valence-corrected chi connectivity index (χ1v) is 10.2. The van der Waals surface area contributed by atoms with Crippen molar-refractivity contribution in [1.82, 2.24) is 40.2 Å². The lowest BCUT2D eigenvalue weighted by Crippen LogP contribution is -2.41. The van der Waals surface area contributed by atoms with Crippen LogP contribution >= 0.6 is 0 Å². The van der Waals surface area contributed by atoms with Crippen LogP contribution in [0.5, 0.6) is 0 Å². The molecule has 0 spiro atoms. The van der Waals surface area contributed by atoms with Gasteiger partial charge in [0, 0.05) is 31.7 Å². The van der Waals surface area contributed by atoms with Gasteiger partial charge in [-0.3, -0.25) is 9.48 Å². The van der Waals surface area contributed by atoms with Crippen LogP contribution in [0.3, 0.4) is 0 Å². The van der Waals surface area contributed by atoms with Crippen LogP contribution in [0.2, 0.25) is 0 Å². The summed E-state index contributed by atoms with van der Waals surface area (Å²) in [6, 6.07) is 0. The lowest BCUT2D eigenvalue weighted by Gasteiger charge is -2.34. The summed E-state index contributed by atoms with van der Waals surface area (Å²) in [6.07, 6.45) is 4.64. The number of amides is 1.